The highest BCUT2D eigenvalue weighted by Gasteiger charge is 2.25. The number of hydrogen-bond donors (Lipinski definition) is 1. The third-order valence-electron chi connectivity index (χ3n) is 4.87. The monoisotopic (exact) mass is 441 g/mol. The van der Waals surface area contributed by atoms with Crippen LogP contribution in [0.25, 0.3) is 0 Å². The summed E-state index contributed by atoms with van der Waals surface area (Å²) < 4.78 is 34.0. The van der Waals surface area contributed by atoms with Crippen LogP contribution in [-0.4, -0.2) is 32.3 Å². The molecule has 9 nitrogen and oxygen atoms in total. The fourth-order valence-electron chi connectivity index (χ4n) is 3.19. The summed E-state index contributed by atoms with van der Waals surface area (Å²) in [7, 11) is 1.43. The van der Waals surface area contributed by atoms with Crippen LogP contribution in [0.5, 0.6) is 0 Å². The number of carbonyl (C=O) groups is 1. The van der Waals surface area contributed by atoms with Crippen molar-refractivity contribution in [1.82, 2.24) is 14.1 Å². The summed E-state index contributed by atoms with van der Waals surface area (Å²) in [6, 6.07) is 6.47. The molecule has 3 heterocycles. The molecule has 164 valence electrons. The van der Waals surface area contributed by atoms with Gasteiger partial charge in [-0.2, -0.15) is 0 Å². The summed E-state index contributed by atoms with van der Waals surface area (Å²) in [6.07, 6.45) is 3.13. The van der Waals surface area contributed by atoms with Gasteiger partial charge in [0.05, 0.1) is 13.1 Å². The molecule has 32 heavy (non-hydrogen) atoms. The van der Waals surface area contributed by atoms with Crippen LogP contribution in [-0.2, 0) is 29.7 Å². The fourth-order valence-corrected chi connectivity index (χ4v) is 3.19. The molecule has 1 N–H and O–H groups in total. The van der Waals surface area contributed by atoms with Gasteiger partial charge in [0.2, 0.25) is 0 Å². The van der Waals surface area contributed by atoms with Gasteiger partial charge in [0.15, 0.2) is 17.3 Å². The van der Waals surface area contributed by atoms with E-state index in [1.165, 1.54) is 17.7 Å². The topological polar surface area (TPSA) is 108 Å². The summed E-state index contributed by atoms with van der Waals surface area (Å²) in [5, 5.41) is 2.85. The number of carbonyl (C=O) groups excluding carboxylic acids is 1. The zero-order chi connectivity index (χ0) is 22.8. The molecule has 0 bridgehead atoms. The maximum absolute atomic E-state index is 13.5. The molecular weight excluding hydrogens is 424 g/mol. The van der Waals surface area contributed by atoms with E-state index in [0.29, 0.717) is 0 Å². The van der Waals surface area contributed by atoms with E-state index >= 15 is 0 Å². The molecule has 0 saturated carbocycles. The van der Waals surface area contributed by atoms with Gasteiger partial charge in [-0.25, -0.2) is 23.4 Å². The number of aliphatic imine (C=N–C) groups is 1. The number of aromatic nitrogens is 3. The first-order chi connectivity index (χ1) is 15.3. The zero-order valence-electron chi connectivity index (χ0n) is 16.8. The Bertz CT molecular complexity index is 1350. The largest absolute Gasteiger partial charge is 0.456 e. The van der Waals surface area contributed by atoms with Crippen molar-refractivity contribution in [3.63, 3.8) is 0 Å². The average Bonchev–Trinajstić information content (AvgIpc) is 2.81. The highest BCUT2D eigenvalue weighted by Crippen LogP contribution is 2.22. The lowest BCUT2D eigenvalue weighted by Crippen LogP contribution is -2.42. The average molecular weight is 441 g/mol. The molecule has 0 atom stereocenters. The van der Waals surface area contributed by atoms with Crippen molar-refractivity contribution in [2.75, 3.05) is 11.9 Å². The molecule has 3 aromatic rings. The van der Waals surface area contributed by atoms with Gasteiger partial charge in [0.1, 0.15) is 18.1 Å². The Morgan fingerprint density at radius 3 is 2.59 bits per heavy atom. The number of nitrogens with one attached hydrogen (secondary N) is 1. The van der Waals surface area contributed by atoms with E-state index in [-0.39, 0.29) is 42.5 Å². The van der Waals surface area contributed by atoms with Gasteiger partial charge in [-0.15, -0.1) is 0 Å². The van der Waals surface area contributed by atoms with Crippen LogP contribution >= 0.6 is 0 Å². The van der Waals surface area contributed by atoms with Crippen molar-refractivity contribution in [1.29, 1.82) is 0 Å². The van der Waals surface area contributed by atoms with E-state index in [2.05, 4.69) is 15.3 Å². The number of benzene rings is 1. The SMILES string of the molecule is Cn1c2c(c(=O)n(Cc3ccc(F)c(F)c3)c1=O)N=C(C(=O)OCc1ccncc1)CN2. The molecule has 1 aromatic carbocycles. The molecular formula is C21H17F2N5O4. The molecule has 0 radical (unpaired) electrons. The standard InChI is InChI=1S/C21H17F2N5O4/c1-27-18-17(19(29)28(21(27)31)10-13-2-3-14(22)15(23)8-13)26-16(9-25-18)20(30)32-11-12-4-6-24-7-5-12/h2-8,25H,9-11H2,1H3. The van der Waals surface area contributed by atoms with Crippen LogP contribution in [0.1, 0.15) is 11.1 Å². The summed E-state index contributed by atoms with van der Waals surface area (Å²) in [4.78, 5) is 46.1. The van der Waals surface area contributed by atoms with Gasteiger partial charge >= 0.3 is 11.7 Å². The quantitative estimate of drug-likeness (QED) is 0.602. The van der Waals surface area contributed by atoms with Gasteiger partial charge in [0, 0.05) is 19.4 Å². The minimum Gasteiger partial charge on any atom is -0.456 e. The normalized spacial score (nSPS) is 12.5. The van der Waals surface area contributed by atoms with E-state index in [1.54, 1.807) is 24.5 Å². The van der Waals surface area contributed by atoms with Crippen LogP contribution < -0.4 is 16.6 Å². The summed E-state index contributed by atoms with van der Waals surface area (Å²) >= 11 is 0. The Labute approximate surface area is 179 Å². The Kier molecular flexibility index (Phi) is 5.63. The molecule has 0 fully saturated rings. The number of nitrogens with zero attached hydrogens (tertiary/aromatic N) is 4. The molecule has 0 saturated heterocycles. The molecule has 0 aliphatic carbocycles. The van der Waals surface area contributed by atoms with Gasteiger partial charge in [-0.05, 0) is 35.4 Å². The lowest BCUT2D eigenvalue weighted by atomic mass is 10.2. The highest BCUT2D eigenvalue weighted by molar-refractivity contribution is 6.38. The third-order valence-corrected chi connectivity index (χ3v) is 4.87. The number of anilines is 1. The van der Waals surface area contributed by atoms with E-state index < -0.39 is 28.9 Å². The van der Waals surface area contributed by atoms with Crippen LogP contribution in [0.3, 0.4) is 0 Å². The van der Waals surface area contributed by atoms with Gasteiger partial charge in [-0.1, -0.05) is 6.07 Å². The minimum absolute atomic E-state index is 0.000862. The summed E-state index contributed by atoms with van der Waals surface area (Å²) in [6.45, 7) is -0.337. The van der Waals surface area contributed by atoms with Crippen molar-refractivity contribution in [3.8, 4) is 0 Å². The van der Waals surface area contributed by atoms with E-state index in [9.17, 15) is 23.2 Å². The number of rotatable bonds is 5. The molecule has 1 aliphatic heterocycles. The molecule has 11 heteroatoms. The zero-order valence-corrected chi connectivity index (χ0v) is 16.8. The number of hydrogen-bond acceptors (Lipinski definition) is 7. The van der Waals surface area contributed by atoms with Crippen molar-refractivity contribution < 1.29 is 18.3 Å². The van der Waals surface area contributed by atoms with Gasteiger partial charge < -0.3 is 10.1 Å². The summed E-state index contributed by atoms with van der Waals surface area (Å²) in [5.74, 6) is -2.71. The third kappa shape index (κ3) is 4.04. The maximum Gasteiger partial charge on any atom is 0.354 e. The van der Waals surface area contributed by atoms with Crippen LogP contribution in [0.2, 0.25) is 0 Å². The van der Waals surface area contributed by atoms with E-state index in [4.69, 9.17) is 4.74 Å². The van der Waals surface area contributed by atoms with Crippen molar-refractivity contribution in [2.24, 2.45) is 12.0 Å². The van der Waals surface area contributed by atoms with Crippen LogP contribution in [0, 0.1) is 11.6 Å². The fraction of sp³-hybridized carbons (Fsp3) is 0.190. The van der Waals surface area contributed by atoms with E-state index in [0.717, 1.165) is 22.3 Å². The Morgan fingerprint density at radius 1 is 1.12 bits per heavy atom. The first-order valence-electron chi connectivity index (χ1n) is 9.50. The highest BCUT2D eigenvalue weighted by atomic mass is 19.2. The molecule has 4 rings (SSSR count). The molecule has 0 amide bonds. The molecule has 0 spiro atoms. The molecule has 1 aliphatic rings. The van der Waals surface area contributed by atoms with Crippen LogP contribution in [0.4, 0.5) is 20.3 Å². The number of esters is 1. The lowest BCUT2D eigenvalue weighted by Gasteiger charge is -2.20. The van der Waals surface area contributed by atoms with Gasteiger partial charge in [0.25, 0.3) is 5.56 Å². The Balaban J connectivity index is 1.65. The molecule has 2 aromatic heterocycles. The van der Waals surface area contributed by atoms with E-state index in [1.807, 2.05) is 0 Å². The number of halogens is 2. The second-order valence-corrected chi connectivity index (χ2v) is 7.02. The predicted octanol–water partition coefficient (Wildman–Crippen LogP) is 1.51. The predicted molar refractivity (Wildman–Crippen MR) is 111 cm³/mol. The molecule has 0 unspecified atom stereocenters. The second-order valence-electron chi connectivity index (χ2n) is 7.02. The number of fused-ring (bicyclic) bond motifs is 1. The van der Waals surface area contributed by atoms with Crippen LogP contribution in [0.15, 0.2) is 57.3 Å². The maximum atomic E-state index is 13.5. The smallest absolute Gasteiger partial charge is 0.354 e. The summed E-state index contributed by atoms with van der Waals surface area (Å²) in [5.41, 5.74) is -0.704. The lowest BCUT2D eigenvalue weighted by molar-refractivity contribution is -0.136. The Hall–Kier alpha value is -4.15. The first-order valence-corrected chi connectivity index (χ1v) is 9.50. The number of pyridine rings is 1. The Morgan fingerprint density at radius 2 is 1.88 bits per heavy atom. The first kappa shape index (κ1) is 21.1. The number of ether oxygens (including phenoxy) is 1. The van der Waals surface area contributed by atoms with Crippen molar-refractivity contribution in [3.05, 3.63) is 86.3 Å². The van der Waals surface area contributed by atoms with Crippen molar-refractivity contribution in [2.45, 2.75) is 13.2 Å². The van der Waals surface area contributed by atoms with Gasteiger partial charge in [-0.3, -0.25) is 18.9 Å². The van der Waals surface area contributed by atoms with Crippen molar-refractivity contribution >= 4 is 23.2 Å². The minimum atomic E-state index is -1.09. The second kappa shape index (κ2) is 8.53.